The molecule has 0 aliphatic heterocycles. The molecule has 0 bridgehead atoms. The lowest BCUT2D eigenvalue weighted by molar-refractivity contribution is 0.0904. The van der Waals surface area contributed by atoms with Crippen molar-refractivity contribution in [2.24, 2.45) is 5.92 Å². The molecule has 1 fully saturated rings. The predicted molar refractivity (Wildman–Crippen MR) is 138 cm³/mol. The Kier molecular flexibility index (Phi) is 7.45. The maximum atomic E-state index is 13.6. The zero-order valence-corrected chi connectivity index (χ0v) is 21.4. The molecule has 1 aliphatic rings. The number of nitrogens with zero attached hydrogens (tertiary/aromatic N) is 4. The first kappa shape index (κ1) is 26.2. The second-order valence-corrected chi connectivity index (χ2v) is 10.1. The molecular weight excluding hydrogens is 542 g/mol. The molecule has 1 amide bonds. The number of rotatable bonds is 6. The zero-order valence-electron chi connectivity index (χ0n) is 19.9. The van der Waals surface area contributed by atoms with Crippen LogP contribution < -0.4 is 11.0 Å². The molecule has 3 heterocycles. The van der Waals surface area contributed by atoms with Crippen LogP contribution in [-0.2, 0) is 6.54 Å². The average Bonchev–Trinajstić information content (AvgIpc) is 3.16. The molecule has 1 aromatic carbocycles. The van der Waals surface area contributed by atoms with Gasteiger partial charge in [0, 0.05) is 25.0 Å². The number of pyridine rings is 2. The van der Waals surface area contributed by atoms with Crippen LogP contribution in [-0.4, -0.2) is 31.1 Å². The number of imidazole rings is 1. The second kappa shape index (κ2) is 10.8. The first-order chi connectivity index (χ1) is 18.2. The topological polar surface area (TPSA) is 81.8 Å². The molecule has 198 valence electrons. The molecule has 0 unspecified atom stereocenters. The van der Waals surface area contributed by atoms with E-state index < -0.39 is 23.8 Å². The molecule has 0 radical (unpaired) electrons. The molecule has 3 aromatic heterocycles. The minimum Gasteiger partial charge on any atom is -0.349 e. The smallest absolute Gasteiger partial charge is 0.335 e. The standard InChI is InChI=1S/C26H22Cl2F3N5O2/c27-15-10-18(22(23(30)31)33-12-15)25(37)34-17-6-3-14(4-7-17)13-35-21-2-1-9-32-24(21)36(26(35)38)20-8-5-16(29)11-19(20)28/h1-2,5,8-12,14,17,23H,3-4,6-7,13H2,(H,34,37). The third-order valence-electron chi connectivity index (χ3n) is 6.80. The monoisotopic (exact) mass is 563 g/mol. The molecule has 1 aliphatic carbocycles. The zero-order chi connectivity index (χ0) is 27.0. The maximum Gasteiger partial charge on any atom is 0.335 e. The highest BCUT2D eigenvalue weighted by Crippen LogP contribution is 2.29. The van der Waals surface area contributed by atoms with E-state index in [2.05, 4.69) is 15.3 Å². The van der Waals surface area contributed by atoms with Gasteiger partial charge in [-0.2, -0.15) is 0 Å². The van der Waals surface area contributed by atoms with Crippen LogP contribution in [0, 0.1) is 11.7 Å². The fourth-order valence-corrected chi connectivity index (χ4v) is 5.37. The summed E-state index contributed by atoms with van der Waals surface area (Å²) in [7, 11) is 0. The van der Waals surface area contributed by atoms with Gasteiger partial charge < -0.3 is 5.32 Å². The number of nitrogens with one attached hydrogen (secondary N) is 1. The molecule has 5 rings (SSSR count). The van der Waals surface area contributed by atoms with Crippen molar-refractivity contribution in [3.8, 4) is 5.69 Å². The SMILES string of the molecule is O=C(NC1CCC(Cn2c(=O)n(-c3ccc(F)cc3Cl)c3ncccc32)CC1)c1cc(Cl)cnc1C(F)F. The maximum absolute atomic E-state index is 13.6. The van der Waals surface area contributed by atoms with Gasteiger partial charge >= 0.3 is 5.69 Å². The third kappa shape index (κ3) is 5.15. The van der Waals surface area contributed by atoms with Crippen molar-refractivity contribution in [3.05, 3.63) is 86.4 Å². The Morgan fingerprint density at radius 1 is 1.11 bits per heavy atom. The van der Waals surface area contributed by atoms with Crippen LogP contribution in [0.15, 0.2) is 53.6 Å². The minimum atomic E-state index is -2.90. The number of carbonyl (C=O) groups is 1. The Bertz CT molecular complexity index is 1560. The highest BCUT2D eigenvalue weighted by molar-refractivity contribution is 6.32. The summed E-state index contributed by atoms with van der Waals surface area (Å²) < 4.78 is 43.2. The fraction of sp³-hybridized carbons (Fsp3) is 0.308. The fourth-order valence-electron chi connectivity index (χ4n) is 4.96. The van der Waals surface area contributed by atoms with Gasteiger partial charge in [-0.25, -0.2) is 27.5 Å². The number of amides is 1. The lowest BCUT2D eigenvalue weighted by atomic mass is 9.85. The highest BCUT2D eigenvalue weighted by atomic mass is 35.5. The van der Waals surface area contributed by atoms with Crippen molar-refractivity contribution in [1.29, 1.82) is 0 Å². The van der Waals surface area contributed by atoms with Crippen LogP contribution in [0.25, 0.3) is 16.9 Å². The van der Waals surface area contributed by atoms with Crippen molar-refractivity contribution in [2.45, 2.75) is 44.7 Å². The van der Waals surface area contributed by atoms with Crippen molar-refractivity contribution in [2.75, 3.05) is 0 Å². The van der Waals surface area contributed by atoms with E-state index in [-0.39, 0.29) is 33.3 Å². The second-order valence-electron chi connectivity index (χ2n) is 9.25. The number of halogens is 5. The quantitative estimate of drug-likeness (QED) is 0.314. The summed E-state index contributed by atoms with van der Waals surface area (Å²) in [6.45, 7) is 0.418. The highest BCUT2D eigenvalue weighted by Gasteiger charge is 2.27. The summed E-state index contributed by atoms with van der Waals surface area (Å²) in [4.78, 5) is 34.2. The van der Waals surface area contributed by atoms with Gasteiger partial charge in [-0.3, -0.25) is 14.3 Å². The Labute approximate surface area is 225 Å². The number of alkyl halides is 2. The van der Waals surface area contributed by atoms with Crippen LogP contribution in [0.5, 0.6) is 0 Å². The average molecular weight is 564 g/mol. The number of hydrogen-bond donors (Lipinski definition) is 1. The van der Waals surface area contributed by atoms with Gasteiger partial charge in [0.15, 0.2) is 5.65 Å². The van der Waals surface area contributed by atoms with E-state index in [4.69, 9.17) is 23.2 Å². The molecular formula is C26H22Cl2F3N5O2. The summed E-state index contributed by atoms with van der Waals surface area (Å²) in [5.41, 5.74) is 0.201. The number of aromatic nitrogens is 4. The summed E-state index contributed by atoms with van der Waals surface area (Å²) in [5, 5.41) is 3.02. The van der Waals surface area contributed by atoms with Crippen LogP contribution in [0.4, 0.5) is 13.2 Å². The number of carbonyl (C=O) groups excluding carboxylic acids is 1. The molecule has 12 heteroatoms. The first-order valence-corrected chi connectivity index (χ1v) is 12.7. The number of fused-ring (bicyclic) bond motifs is 1. The largest absolute Gasteiger partial charge is 0.349 e. The lowest BCUT2D eigenvalue weighted by Crippen LogP contribution is -2.39. The molecule has 0 spiro atoms. The Morgan fingerprint density at radius 2 is 1.87 bits per heavy atom. The molecule has 4 aromatic rings. The Balaban J connectivity index is 1.31. The molecule has 0 atom stereocenters. The predicted octanol–water partition coefficient (Wildman–Crippen LogP) is 5.95. The van der Waals surface area contributed by atoms with Gasteiger partial charge in [0.25, 0.3) is 12.3 Å². The third-order valence-corrected chi connectivity index (χ3v) is 7.31. The molecule has 7 nitrogen and oxygen atoms in total. The van der Waals surface area contributed by atoms with Crippen LogP contribution in [0.3, 0.4) is 0 Å². The van der Waals surface area contributed by atoms with Gasteiger partial charge in [0.1, 0.15) is 11.5 Å². The van der Waals surface area contributed by atoms with Gasteiger partial charge in [-0.15, -0.1) is 0 Å². The summed E-state index contributed by atoms with van der Waals surface area (Å²) in [5.74, 6) is -1.02. The lowest BCUT2D eigenvalue weighted by Gasteiger charge is -2.29. The molecule has 1 N–H and O–H groups in total. The summed E-state index contributed by atoms with van der Waals surface area (Å²) in [6, 6.07) is 8.35. The van der Waals surface area contributed by atoms with E-state index in [0.717, 1.165) is 12.3 Å². The van der Waals surface area contributed by atoms with E-state index in [1.807, 2.05) is 0 Å². The number of benzene rings is 1. The van der Waals surface area contributed by atoms with E-state index >= 15 is 0 Å². The van der Waals surface area contributed by atoms with Crippen LogP contribution in [0.1, 0.15) is 48.2 Å². The van der Waals surface area contributed by atoms with Gasteiger partial charge in [-0.1, -0.05) is 23.2 Å². The van der Waals surface area contributed by atoms with E-state index in [0.29, 0.717) is 49.1 Å². The Hall–Kier alpha value is -3.37. The normalized spacial score (nSPS) is 17.7. The van der Waals surface area contributed by atoms with Crippen LogP contribution in [0.2, 0.25) is 10.0 Å². The summed E-state index contributed by atoms with van der Waals surface area (Å²) >= 11 is 12.1. The van der Waals surface area contributed by atoms with Crippen molar-refractivity contribution < 1.29 is 18.0 Å². The molecule has 1 saturated carbocycles. The van der Waals surface area contributed by atoms with Crippen molar-refractivity contribution in [3.63, 3.8) is 0 Å². The minimum absolute atomic E-state index is 0.0953. The molecule has 38 heavy (non-hydrogen) atoms. The van der Waals surface area contributed by atoms with Gasteiger partial charge in [0.05, 0.1) is 26.8 Å². The van der Waals surface area contributed by atoms with Crippen molar-refractivity contribution in [1.82, 2.24) is 24.4 Å². The number of hydrogen-bond acceptors (Lipinski definition) is 4. The van der Waals surface area contributed by atoms with E-state index in [1.165, 1.54) is 22.8 Å². The van der Waals surface area contributed by atoms with Gasteiger partial charge in [0.2, 0.25) is 0 Å². The summed E-state index contributed by atoms with van der Waals surface area (Å²) in [6.07, 6.45) is 2.40. The first-order valence-electron chi connectivity index (χ1n) is 12.0. The Morgan fingerprint density at radius 3 is 2.58 bits per heavy atom. The van der Waals surface area contributed by atoms with E-state index in [9.17, 15) is 22.8 Å². The van der Waals surface area contributed by atoms with Gasteiger partial charge in [-0.05, 0) is 68.0 Å². The van der Waals surface area contributed by atoms with E-state index in [1.54, 1.807) is 22.9 Å². The van der Waals surface area contributed by atoms with Crippen molar-refractivity contribution >= 4 is 40.3 Å². The molecule has 0 saturated heterocycles. The van der Waals surface area contributed by atoms with Crippen LogP contribution >= 0.6 is 23.2 Å².